The molecular formula is C21H28F2N2O2. The zero-order valence-electron chi connectivity index (χ0n) is 15.8. The van der Waals surface area contributed by atoms with Crippen LogP contribution in [-0.4, -0.2) is 54.6 Å². The summed E-state index contributed by atoms with van der Waals surface area (Å²) >= 11 is 0. The molecule has 0 aromatic heterocycles. The summed E-state index contributed by atoms with van der Waals surface area (Å²) in [5.41, 5.74) is 0.539. The first-order valence-electron chi connectivity index (χ1n) is 10.1. The van der Waals surface area contributed by atoms with Gasteiger partial charge in [-0.1, -0.05) is 0 Å². The largest absolute Gasteiger partial charge is 0.377 e. The van der Waals surface area contributed by atoms with Crippen LogP contribution < -0.4 is 0 Å². The van der Waals surface area contributed by atoms with Gasteiger partial charge >= 0.3 is 0 Å². The average molecular weight is 378 g/mol. The van der Waals surface area contributed by atoms with Gasteiger partial charge in [0.2, 0.25) is 5.91 Å². The summed E-state index contributed by atoms with van der Waals surface area (Å²) < 4.78 is 32.7. The number of hydrogen-bond donors (Lipinski definition) is 0. The van der Waals surface area contributed by atoms with E-state index in [4.69, 9.17) is 4.74 Å². The van der Waals surface area contributed by atoms with Crippen LogP contribution in [0.1, 0.15) is 44.1 Å². The first kappa shape index (κ1) is 18.8. The predicted molar refractivity (Wildman–Crippen MR) is 98.1 cm³/mol. The summed E-state index contributed by atoms with van der Waals surface area (Å²) in [6.45, 7) is 4.85. The second-order valence-corrected chi connectivity index (χ2v) is 8.49. The first-order chi connectivity index (χ1) is 13.0. The SMILES string of the molecule is O=C1CC2(CCN(C[C@@H]3CCCCO3)CC2)CN1Cc1cc(F)cc(F)c1. The van der Waals surface area contributed by atoms with E-state index in [0.717, 1.165) is 51.6 Å². The van der Waals surface area contributed by atoms with Crippen molar-refractivity contribution in [3.05, 3.63) is 35.4 Å². The van der Waals surface area contributed by atoms with E-state index in [1.54, 1.807) is 4.90 Å². The minimum Gasteiger partial charge on any atom is -0.377 e. The van der Waals surface area contributed by atoms with Crippen molar-refractivity contribution in [3.63, 3.8) is 0 Å². The van der Waals surface area contributed by atoms with Crippen molar-refractivity contribution < 1.29 is 18.3 Å². The lowest BCUT2D eigenvalue weighted by Crippen LogP contribution is -2.45. The number of likely N-dealkylation sites (tertiary alicyclic amines) is 2. The molecule has 3 saturated heterocycles. The van der Waals surface area contributed by atoms with Crippen LogP contribution in [0.4, 0.5) is 8.78 Å². The highest BCUT2D eigenvalue weighted by Gasteiger charge is 2.44. The van der Waals surface area contributed by atoms with Gasteiger partial charge < -0.3 is 14.5 Å². The Balaban J connectivity index is 1.32. The van der Waals surface area contributed by atoms with Crippen molar-refractivity contribution >= 4 is 5.91 Å². The minimum absolute atomic E-state index is 0.0207. The van der Waals surface area contributed by atoms with Crippen LogP contribution in [0.3, 0.4) is 0 Å². The highest BCUT2D eigenvalue weighted by Crippen LogP contribution is 2.41. The standard InChI is InChI=1S/C21H28F2N2O2/c22-17-9-16(10-18(23)11-17)13-25-15-21(12-20(25)26)4-6-24(7-5-21)14-19-3-1-2-8-27-19/h9-11,19H,1-8,12-15H2/t19-/m0/s1. The summed E-state index contributed by atoms with van der Waals surface area (Å²) in [7, 11) is 0. The third-order valence-electron chi connectivity index (χ3n) is 6.35. The van der Waals surface area contributed by atoms with Gasteiger partial charge in [-0.3, -0.25) is 4.79 Å². The number of piperidine rings is 1. The fourth-order valence-corrected chi connectivity index (χ4v) is 4.83. The number of carbonyl (C=O) groups excluding carboxylic acids is 1. The lowest BCUT2D eigenvalue weighted by molar-refractivity contribution is -0.128. The number of hydrogen-bond acceptors (Lipinski definition) is 3. The van der Waals surface area contributed by atoms with Crippen LogP contribution in [-0.2, 0) is 16.1 Å². The Bertz CT molecular complexity index is 663. The third-order valence-corrected chi connectivity index (χ3v) is 6.35. The zero-order valence-corrected chi connectivity index (χ0v) is 15.8. The summed E-state index contributed by atoms with van der Waals surface area (Å²) in [6.07, 6.45) is 6.49. The summed E-state index contributed by atoms with van der Waals surface area (Å²) in [6, 6.07) is 3.49. The van der Waals surface area contributed by atoms with E-state index in [-0.39, 0.29) is 17.9 Å². The van der Waals surface area contributed by atoms with Gasteiger partial charge in [0.15, 0.2) is 0 Å². The number of nitrogens with zero attached hydrogens (tertiary/aromatic N) is 2. The van der Waals surface area contributed by atoms with Crippen molar-refractivity contribution in [2.75, 3.05) is 32.8 Å². The molecule has 1 atom stereocenters. The Morgan fingerprint density at radius 2 is 1.85 bits per heavy atom. The highest BCUT2D eigenvalue weighted by atomic mass is 19.1. The number of benzene rings is 1. The normalized spacial score (nSPS) is 26.1. The number of carbonyl (C=O) groups is 1. The second kappa shape index (κ2) is 7.84. The molecule has 0 aliphatic carbocycles. The smallest absolute Gasteiger partial charge is 0.223 e. The molecule has 1 aromatic rings. The summed E-state index contributed by atoms with van der Waals surface area (Å²) in [5, 5.41) is 0. The van der Waals surface area contributed by atoms with Gasteiger partial charge in [0.25, 0.3) is 0 Å². The van der Waals surface area contributed by atoms with Crippen LogP contribution >= 0.6 is 0 Å². The molecule has 0 bridgehead atoms. The zero-order chi connectivity index (χ0) is 18.9. The monoisotopic (exact) mass is 378 g/mol. The Hall–Kier alpha value is -1.53. The molecule has 3 fully saturated rings. The van der Waals surface area contributed by atoms with Gasteiger partial charge in [0.1, 0.15) is 11.6 Å². The molecule has 0 saturated carbocycles. The van der Waals surface area contributed by atoms with E-state index in [1.807, 2.05) is 0 Å². The van der Waals surface area contributed by atoms with E-state index in [2.05, 4.69) is 4.90 Å². The van der Waals surface area contributed by atoms with Gasteiger partial charge in [-0.25, -0.2) is 8.78 Å². The highest BCUT2D eigenvalue weighted by molar-refractivity contribution is 5.79. The van der Waals surface area contributed by atoms with Gasteiger partial charge in [-0.2, -0.15) is 0 Å². The van der Waals surface area contributed by atoms with Crippen LogP contribution in [0, 0.1) is 17.0 Å². The average Bonchev–Trinajstić information content (AvgIpc) is 2.92. The van der Waals surface area contributed by atoms with Crippen molar-refractivity contribution in [3.8, 4) is 0 Å². The maximum atomic E-state index is 13.4. The predicted octanol–water partition coefficient (Wildman–Crippen LogP) is 3.35. The van der Waals surface area contributed by atoms with E-state index >= 15 is 0 Å². The molecule has 27 heavy (non-hydrogen) atoms. The number of rotatable bonds is 4. The quantitative estimate of drug-likeness (QED) is 0.806. The first-order valence-corrected chi connectivity index (χ1v) is 10.1. The maximum absolute atomic E-state index is 13.4. The van der Waals surface area contributed by atoms with Crippen LogP contribution in [0.2, 0.25) is 0 Å². The minimum atomic E-state index is -0.593. The molecular weight excluding hydrogens is 350 g/mol. The van der Waals surface area contributed by atoms with Crippen molar-refractivity contribution in [2.24, 2.45) is 5.41 Å². The van der Waals surface area contributed by atoms with Gasteiger partial charge in [0.05, 0.1) is 6.10 Å². The molecule has 3 heterocycles. The summed E-state index contributed by atoms with van der Waals surface area (Å²) in [4.78, 5) is 16.8. The molecule has 4 nitrogen and oxygen atoms in total. The molecule has 6 heteroatoms. The van der Waals surface area contributed by atoms with E-state index in [9.17, 15) is 13.6 Å². The number of halogens is 2. The Morgan fingerprint density at radius 1 is 1.11 bits per heavy atom. The third kappa shape index (κ3) is 4.49. The van der Waals surface area contributed by atoms with Crippen LogP contribution in [0.25, 0.3) is 0 Å². The maximum Gasteiger partial charge on any atom is 0.223 e. The van der Waals surface area contributed by atoms with Crippen molar-refractivity contribution in [1.29, 1.82) is 0 Å². The molecule has 1 spiro atoms. The Labute approximate surface area is 159 Å². The molecule has 148 valence electrons. The van der Waals surface area contributed by atoms with E-state index in [0.29, 0.717) is 24.6 Å². The second-order valence-electron chi connectivity index (χ2n) is 8.49. The molecule has 3 aliphatic heterocycles. The Morgan fingerprint density at radius 3 is 2.52 bits per heavy atom. The van der Waals surface area contributed by atoms with Crippen molar-refractivity contribution in [2.45, 2.75) is 51.2 Å². The van der Waals surface area contributed by atoms with Crippen molar-refractivity contribution in [1.82, 2.24) is 9.80 Å². The van der Waals surface area contributed by atoms with Gasteiger partial charge in [-0.05, 0) is 68.3 Å². The molecule has 1 aromatic carbocycles. The summed E-state index contributed by atoms with van der Waals surface area (Å²) in [5.74, 6) is -1.09. The molecule has 0 unspecified atom stereocenters. The van der Waals surface area contributed by atoms with E-state index < -0.39 is 11.6 Å². The lowest BCUT2D eigenvalue weighted by Gasteiger charge is -2.40. The lowest BCUT2D eigenvalue weighted by atomic mass is 9.77. The van der Waals surface area contributed by atoms with Crippen LogP contribution in [0.15, 0.2) is 18.2 Å². The topological polar surface area (TPSA) is 32.8 Å². The van der Waals surface area contributed by atoms with E-state index in [1.165, 1.54) is 25.0 Å². The molecule has 3 aliphatic rings. The van der Waals surface area contributed by atoms with Gasteiger partial charge in [0, 0.05) is 38.7 Å². The fraction of sp³-hybridized carbons (Fsp3) is 0.667. The molecule has 1 amide bonds. The Kier molecular flexibility index (Phi) is 5.46. The molecule has 0 radical (unpaired) electrons. The van der Waals surface area contributed by atoms with Crippen LogP contribution in [0.5, 0.6) is 0 Å². The molecule has 0 N–H and O–H groups in total. The van der Waals surface area contributed by atoms with Gasteiger partial charge in [-0.15, -0.1) is 0 Å². The fourth-order valence-electron chi connectivity index (χ4n) is 4.83. The number of amides is 1. The number of ether oxygens (including phenoxy) is 1. The molecule has 4 rings (SSSR count).